The van der Waals surface area contributed by atoms with Gasteiger partial charge in [0, 0.05) is 37.3 Å². The summed E-state index contributed by atoms with van der Waals surface area (Å²) in [7, 11) is 4.16. The van der Waals surface area contributed by atoms with Gasteiger partial charge in [0.25, 0.3) is 0 Å². The highest BCUT2D eigenvalue weighted by atomic mass is 16.4. The van der Waals surface area contributed by atoms with Crippen LogP contribution < -0.4 is 4.90 Å². The maximum Gasteiger partial charge on any atom is 0.303 e. The Morgan fingerprint density at radius 1 is 1.48 bits per heavy atom. The van der Waals surface area contributed by atoms with E-state index in [9.17, 15) is 4.79 Å². The molecule has 2 atom stereocenters. The third-order valence-electron chi connectivity index (χ3n) is 4.73. The van der Waals surface area contributed by atoms with Gasteiger partial charge >= 0.3 is 5.97 Å². The molecule has 0 bridgehead atoms. The van der Waals surface area contributed by atoms with Crippen LogP contribution in [0.2, 0.25) is 0 Å². The highest BCUT2D eigenvalue weighted by molar-refractivity contribution is 5.66. The SMILES string of the molecule is CC(C)c1cncnc1N1CC[C@H](N(C)C)[C@H](CCC(=O)O)C1. The van der Waals surface area contributed by atoms with E-state index < -0.39 is 5.97 Å². The van der Waals surface area contributed by atoms with Gasteiger partial charge in [0.15, 0.2) is 0 Å². The van der Waals surface area contributed by atoms with Crippen LogP contribution in [0.1, 0.15) is 44.6 Å². The summed E-state index contributed by atoms with van der Waals surface area (Å²) in [4.78, 5) is 24.2. The van der Waals surface area contributed by atoms with Crippen LogP contribution in [-0.2, 0) is 4.79 Å². The number of carbonyl (C=O) groups is 1. The molecule has 6 heteroatoms. The summed E-state index contributed by atoms with van der Waals surface area (Å²) in [6.07, 6.45) is 5.46. The van der Waals surface area contributed by atoms with Gasteiger partial charge in [-0.25, -0.2) is 9.97 Å². The lowest BCUT2D eigenvalue weighted by Gasteiger charge is -2.42. The molecule has 0 spiro atoms. The van der Waals surface area contributed by atoms with Crippen molar-refractivity contribution in [1.29, 1.82) is 0 Å². The second-order valence-corrected chi connectivity index (χ2v) is 6.91. The third kappa shape index (κ3) is 4.41. The molecular weight excluding hydrogens is 292 g/mol. The molecule has 1 saturated heterocycles. The van der Waals surface area contributed by atoms with Crippen LogP contribution in [0.5, 0.6) is 0 Å². The Morgan fingerprint density at radius 2 is 2.22 bits per heavy atom. The molecule has 2 rings (SSSR count). The Labute approximate surface area is 138 Å². The predicted octanol–water partition coefficient (Wildman–Crippen LogP) is 2.22. The zero-order chi connectivity index (χ0) is 17.0. The molecule has 0 aliphatic carbocycles. The molecule has 1 aromatic rings. The Kier molecular flexibility index (Phi) is 5.93. The zero-order valence-electron chi connectivity index (χ0n) is 14.6. The second-order valence-electron chi connectivity index (χ2n) is 6.91. The van der Waals surface area contributed by atoms with E-state index in [4.69, 9.17) is 5.11 Å². The number of nitrogens with zero attached hydrogens (tertiary/aromatic N) is 4. The van der Waals surface area contributed by atoms with Crippen molar-refractivity contribution in [1.82, 2.24) is 14.9 Å². The maximum absolute atomic E-state index is 11.0. The van der Waals surface area contributed by atoms with Gasteiger partial charge < -0.3 is 14.9 Å². The van der Waals surface area contributed by atoms with E-state index in [2.05, 4.69) is 47.7 Å². The first-order chi connectivity index (χ1) is 10.9. The summed E-state index contributed by atoms with van der Waals surface area (Å²) in [5.74, 6) is 0.997. The molecular formula is C17H28N4O2. The Morgan fingerprint density at radius 3 is 2.83 bits per heavy atom. The van der Waals surface area contributed by atoms with Crippen molar-refractivity contribution >= 4 is 11.8 Å². The van der Waals surface area contributed by atoms with E-state index in [-0.39, 0.29) is 6.42 Å². The van der Waals surface area contributed by atoms with Gasteiger partial charge in [-0.1, -0.05) is 13.8 Å². The predicted molar refractivity (Wildman–Crippen MR) is 90.8 cm³/mol. The molecule has 6 nitrogen and oxygen atoms in total. The number of aliphatic carboxylic acids is 1. The minimum Gasteiger partial charge on any atom is -0.481 e. The van der Waals surface area contributed by atoms with E-state index >= 15 is 0 Å². The van der Waals surface area contributed by atoms with Crippen molar-refractivity contribution < 1.29 is 9.90 Å². The molecule has 1 N–H and O–H groups in total. The number of rotatable bonds is 6. The average molecular weight is 320 g/mol. The molecule has 1 aromatic heterocycles. The van der Waals surface area contributed by atoms with Crippen LogP contribution in [0.25, 0.3) is 0 Å². The number of hydrogen-bond donors (Lipinski definition) is 1. The van der Waals surface area contributed by atoms with Gasteiger partial charge in [0.2, 0.25) is 0 Å². The first-order valence-electron chi connectivity index (χ1n) is 8.33. The molecule has 128 valence electrons. The smallest absolute Gasteiger partial charge is 0.303 e. The van der Waals surface area contributed by atoms with Crippen LogP contribution in [0.15, 0.2) is 12.5 Å². The monoisotopic (exact) mass is 320 g/mol. The number of hydrogen-bond acceptors (Lipinski definition) is 5. The second kappa shape index (κ2) is 7.73. The zero-order valence-corrected chi connectivity index (χ0v) is 14.6. The first kappa shape index (κ1) is 17.7. The van der Waals surface area contributed by atoms with E-state index in [1.165, 1.54) is 0 Å². The number of carboxylic acids is 1. The lowest BCUT2D eigenvalue weighted by atomic mass is 9.87. The topological polar surface area (TPSA) is 69.6 Å². The van der Waals surface area contributed by atoms with Crippen LogP contribution in [0.4, 0.5) is 5.82 Å². The van der Waals surface area contributed by atoms with E-state index in [0.29, 0.717) is 24.3 Å². The van der Waals surface area contributed by atoms with Gasteiger partial charge in [-0.15, -0.1) is 0 Å². The van der Waals surface area contributed by atoms with Gasteiger partial charge in [-0.2, -0.15) is 0 Å². The Hall–Kier alpha value is -1.69. The van der Waals surface area contributed by atoms with Crippen LogP contribution >= 0.6 is 0 Å². The molecule has 1 fully saturated rings. The number of carboxylic acid groups (broad SMARTS) is 1. The van der Waals surface area contributed by atoms with Crippen molar-refractivity contribution in [2.24, 2.45) is 5.92 Å². The molecule has 0 radical (unpaired) electrons. The van der Waals surface area contributed by atoms with E-state index in [1.807, 2.05) is 6.20 Å². The van der Waals surface area contributed by atoms with Crippen molar-refractivity contribution in [3.05, 3.63) is 18.1 Å². The van der Waals surface area contributed by atoms with Crippen molar-refractivity contribution in [3.63, 3.8) is 0 Å². The summed E-state index contributed by atoms with van der Waals surface area (Å²) in [5.41, 5.74) is 1.16. The lowest BCUT2D eigenvalue weighted by Crippen LogP contribution is -2.49. The molecule has 2 heterocycles. The largest absolute Gasteiger partial charge is 0.481 e. The maximum atomic E-state index is 11.0. The number of anilines is 1. The fourth-order valence-corrected chi connectivity index (χ4v) is 3.49. The first-order valence-corrected chi connectivity index (χ1v) is 8.33. The van der Waals surface area contributed by atoms with Crippen molar-refractivity contribution in [2.45, 2.75) is 45.1 Å². The molecule has 23 heavy (non-hydrogen) atoms. The lowest BCUT2D eigenvalue weighted by molar-refractivity contribution is -0.137. The minimum atomic E-state index is -0.718. The fraction of sp³-hybridized carbons (Fsp3) is 0.706. The molecule has 1 aliphatic rings. The Bertz CT molecular complexity index is 533. The normalized spacial score (nSPS) is 21.9. The third-order valence-corrected chi connectivity index (χ3v) is 4.73. The van der Waals surface area contributed by atoms with Gasteiger partial charge in [0.1, 0.15) is 12.1 Å². The molecule has 0 saturated carbocycles. The van der Waals surface area contributed by atoms with Crippen LogP contribution in [0, 0.1) is 5.92 Å². The van der Waals surface area contributed by atoms with Crippen molar-refractivity contribution in [2.75, 3.05) is 32.1 Å². The summed E-state index contributed by atoms with van der Waals surface area (Å²) in [6.45, 7) is 6.10. The molecule has 0 unspecified atom stereocenters. The van der Waals surface area contributed by atoms with Crippen molar-refractivity contribution in [3.8, 4) is 0 Å². The summed E-state index contributed by atoms with van der Waals surface area (Å²) >= 11 is 0. The number of aromatic nitrogens is 2. The molecule has 0 amide bonds. The van der Waals surface area contributed by atoms with Crippen LogP contribution in [0.3, 0.4) is 0 Å². The highest BCUT2D eigenvalue weighted by Gasteiger charge is 2.32. The standard InChI is InChI=1S/C17H28N4O2/c1-12(2)14-9-18-11-19-17(14)21-8-7-15(20(3)4)13(10-21)5-6-16(22)23/h9,11-13,15H,5-8,10H2,1-4H3,(H,22,23)/t13-,15+/m1/s1. The van der Waals surface area contributed by atoms with E-state index in [0.717, 1.165) is 30.9 Å². The molecule has 1 aliphatic heterocycles. The molecule has 0 aromatic carbocycles. The summed E-state index contributed by atoms with van der Waals surface area (Å²) < 4.78 is 0. The fourth-order valence-electron chi connectivity index (χ4n) is 3.49. The Balaban J connectivity index is 2.18. The van der Waals surface area contributed by atoms with Gasteiger partial charge in [-0.05, 0) is 38.8 Å². The summed E-state index contributed by atoms with van der Waals surface area (Å²) in [5, 5.41) is 9.02. The summed E-state index contributed by atoms with van der Waals surface area (Å²) in [6, 6.07) is 0.426. The number of piperidine rings is 1. The van der Waals surface area contributed by atoms with Gasteiger partial charge in [-0.3, -0.25) is 4.79 Å². The van der Waals surface area contributed by atoms with Crippen LogP contribution in [-0.4, -0.2) is 59.2 Å². The average Bonchev–Trinajstić information content (AvgIpc) is 2.52. The highest BCUT2D eigenvalue weighted by Crippen LogP contribution is 2.31. The van der Waals surface area contributed by atoms with Gasteiger partial charge in [0.05, 0.1) is 0 Å². The quantitative estimate of drug-likeness (QED) is 0.867. The minimum absolute atomic E-state index is 0.226. The van der Waals surface area contributed by atoms with E-state index in [1.54, 1.807) is 6.33 Å².